The zero-order valence-corrected chi connectivity index (χ0v) is 16.9. The summed E-state index contributed by atoms with van der Waals surface area (Å²) in [7, 11) is 0. The molecule has 0 bridgehead atoms. The van der Waals surface area contributed by atoms with Gasteiger partial charge < -0.3 is 9.94 Å². The molecule has 0 saturated heterocycles. The molecule has 0 unspecified atom stereocenters. The molecule has 4 rings (SSSR count). The molecule has 2 aromatic carbocycles. The third-order valence-corrected chi connectivity index (χ3v) is 5.13. The number of rotatable bonds is 7. The minimum atomic E-state index is -0.550. The topological polar surface area (TPSA) is 96.8 Å². The van der Waals surface area contributed by atoms with E-state index in [2.05, 4.69) is 15.2 Å². The second kappa shape index (κ2) is 9.35. The van der Waals surface area contributed by atoms with Crippen molar-refractivity contribution in [3.05, 3.63) is 89.9 Å². The first kappa shape index (κ1) is 20.5. The molecule has 10 heteroatoms. The van der Waals surface area contributed by atoms with Crippen molar-refractivity contribution in [2.45, 2.75) is 11.8 Å². The highest BCUT2D eigenvalue weighted by atomic mass is 32.2. The van der Waals surface area contributed by atoms with Gasteiger partial charge in [0.1, 0.15) is 12.0 Å². The highest BCUT2D eigenvalue weighted by Gasteiger charge is 2.20. The number of nitrogens with zero attached hydrogens (tertiary/aromatic N) is 5. The van der Waals surface area contributed by atoms with Gasteiger partial charge in [0.2, 0.25) is 0 Å². The predicted molar refractivity (Wildman–Crippen MR) is 110 cm³/mol. The van der Waals surface area contributed by atoms with Crippen LogP contribution in [0.1, 0.15) is 5.82 Å². The van der Waals surface area contributed by atoms with Crippen LogP contribution in [0.15, 0.2) is 78.2 Å². The van der Waals surface area contributed by atoms with E-state index in [0.29, 0.717) is 21.3 Å². The summed E-state index contributed by atoms with van der Waals surface area (Å²) < 4.78 is 21.7. The highest BCUT2D eigenvalue weighted by molar-refractivity contribution is 7.99. The van der Waals surface area contributed by atoms with Crippen molar-refractivity contribution >= 4 is 17.7 Å². The second-order valence-corrected chi connectivity index (χ2v) is 7.21. The summed E-state index contributed by atoms with van der Waals surface area (Å²) in [6.45, 7) is -0.240. The van der Waals surface area contributed by atoms with Crippen LogP contribution in [0.4, 0.5) is 4.39 Å². The van der Waals surface area contributed by atoms with Crippen molar-refractivity contribution in [3.63, 3.8) is 0 Å². The third kappa shape index (κ3) is 4.69. The standard InChI is InChI=1S/C21H16FN5O3S/c22-17-10-5-4-9-16(17)20-24-25-21(27(20)15-7-2-1-3-8-15)31-14-19(28)30-13-18-23-11-6-12-26(18)29/h1-12H,13-14H2. The summed E-state index contributed by atoms with van der Waals surface area (Å²) in [5.74, 6) is -0.653. The molecule has 2 aromatic heterocycles. The van der Waals surface area contributed by atoms with Gasteiger partial charge in [0.05, 0.1) is 17.5 Å². The maximum atomic E-state index is 14.4. The van der Waals surface area contributed by atoms with E-state index in [9.17, 15) is 14.4 Å². The number of carbonyl (C=O) groups excluding carboxylic acids is 1. The van der Waals surface area contributed by atoms with Crippen molar-refractivity contribution in [2.75, 3.05) is 5.75 Å². The first-order valence-corrected chi connectivity index (χ1v) is 10.2. The molecule has 156 valence electrons. The fraction of sp³-hybridized carbons (Fsp3) is 0.0952. The molecule has 4 aromatic rings. The largest absolute Gasteiger partial charge is 0.711 e. The first-order valence-electron chi connectivity index (χ1n) is 9.20. The zero-order valence-electron chi connectivity index (χ0n) is 16.1. The van der Waals surface area contributed by atoms with E-state index >= 15 is 0 Å². The molecule has 0 saturated carbocycles. The van der Waals surface area contributed by atoms with Crippen molar-refractivity contribution in [1.82, 2.24) is 19.7 Å². The Morgan fingerprint density at radius 3 is 2.65 bits per heavy atom. The Morgan fingerprint density at radius 2 is 1.87 bits per heavy atom. The SMILES string of the molecule is O=C(CSc1nnc(-c2ccccc2F)n1-c1ccccc1)OCc1nccc[n+]1[O-]. The van der Waals surface area contributed by atoms with Crippen LogP contribution in [0, 0.1) is 11.0 Å². The van der Waals surface area contributed by atoms with Gasteiger partial charge in [-0.25, -0.2) is 9.12 Å². The summed E-state index contributed by atoms with van der Waals surface area (Å²) in [6.07, 6.45) is 2.72. The number of benzene rings is 2. The van der Waals surface area contributed by atoms with Crippen molar-refractivity contribution in [3.8, 4) is 17.1 Å². The quantitative estimate of drug-likeness (QED) is 0.190. The Bertz CT molecular complexity index is 1200. The lowest BCUT2D eigenvalue weighted by molar-refractivity contribution is -0.620. The van der Waals surface area contributed by atoms with Gasteiger partial charge in [0.25, 0.3) is 0 Å². The highest BCUT2D eigenvalue weighted by Crippen LogP contribution is 2.29. The Morgan fingerprint density at radius 1 is 1.10 bits per heavy atom. The molecular weight excluding hydrogens is 421 g/mol. The molecule has 8 nitrogen and oxygen atoms in total. The maximum Gasteiger partial charge on any atom is 0.339 e. The van der Waals surface area contributed by atoms with Gasteiger partial charge in [0, 0.05) is 11.8 Å². The number of halogens is 1. The van der Waals surface area contributed by atoms with E-state index in [1.54, 1.807) is 22.8 Å². The van der Waals surface area contributed by atoms with Crippen LogP contribution < -0.4 is 4.73 Å². The summed E-state index contributed by atoms with van der Waals surface area (Å²) in [5, 5.41) is 20.3. The molecule has 2 heterocycles. The lowest BCUT2D eigenvalue weighted by Gasteiger charge is -2.10. The van der Waals surface area contributed by atoms with Crippen molar-refractivity contribution < 1.29 is 18.7 Å². The third-order valence-electron chi connectivity index (χ3n) is 4.23. The Kier molecular flexibility index (Phi) is 6.18. The molecule has 0 spiro atoms. The molecule has 0 aliphatic heterocycles. The summed E-state index contributed by atoms with van der Waals surface area (Å²) in [6, 6.07) is 17.0. The lowest BCUT2D eigenvalue weighted by atomic mass is 10.2. The number of carbonyl (C=O) groups is 1. The normalized spacial score (nSPS) is 10.7. The Labute approximate surface area is 180 Å². The summed E-state index contributed by atoms with van der Waals surface area (Å²) in [5.41, 5.74) is 1.02. The number of hydrogen-bond acceptors (Lipinski definition) is 7. The van der Waals surface area contributed by atoms with Gasteiger partial charge >= 0.3 is 11.8 Å². The molecule has 0 aliphatic carbocycles. The van der Waals surface area contributed by atoms with E-state index in [1.807, 2.05) is 30.3 Å². The van der Waals surface area contributed by atoms with Crippen molar-refractivity contribution in [1.29, 1.82) is 0 Å². The first-order chi connectivity index (χ1) is 15.1. The number of hydrogen-bond donors (Lipinski definition) is 0. The molecule has 0 fully saturated rings. The molecule has 0 amide bonds. The van der Waals surface area contributed by atoms with Gasteiger partial charge in [-0.1, -0.05) is 42.1 Å². The van der Waals surface area contributed by atoms with E-state index in [1.165, 1.54) is 24.5 Å². The van der Waals surface area contributed by atoms with E-state index in [0.717, 1.165) is 17.4 Å². The molecular formula is C21H16FN5O3S. The van der Waals surface area contributed by atoms with Crippen LogP contribution in [0.5, 0.6) is 0 Å². The Balaban J connectivity index is 1.54. The van der Waals surface area contributed by atoms with Gasteiger partial charge in [-0.15, -0.1) is 10.2 Å². The maximum absolute atomic E-state index is 14.4. The van der Waals surface area contributed by atoms with Crippen molar-refractivity contribution in [2.24, 2.45) is 0 Å². The minimum absolute atomic E-state index is 0.0755. The van der Waals surface area contributed by atoms with E-state index in [4.69, 9.17) is 4.74 Å². The van der Waals surface area contributed by atoms with Crippen LogP contribution in [-0.4, -0.2) is 31.5 Å². The van der Waals surface area contributed by atoms with Crippen LogP contribution >= 0.6 is 11.8 Å². The smallest absolute Gasteiger partial charge is 0.339 e. The van der Waals surface area contributed by atoms with Crippen LogP contribution in [0.2, 0.25) is 0 Å². The predicted octanol–water partition coefficient (Wildman–Crippen LogP) is 2.94. The number of ether oxygens (including phenoxy) is 1. The van der Waals surface area contributed by atoms with Crippen LogP contribution in [-0.2, 0) is 16.1 Å². The fourth-order valence-electron chi connectivity index (χ4n) is 2.79. The molecule has 0 radical (unpaired) electrons. The monoisotopic (exact) mass is 437 g/mol. The Hall–Kier alpha value is -3.79. The van der Waals surface area contributed by atoms with Gasteiger partial charge in [-0.3, -0.25) is 9.36 Å². The minimum Gasteiger partial charge on any atom is -0.711 e. The summed E-state index contributed by atoms with van der Waals surface area (Å²) >= 11 is 1.10. The average Bonchev–Trinajstić information content (AvgIpc) is 3.22. The fourth-order valence-corrected chi connectivity index (χ4v) is 3.54. The number of thioether (sulfide) groups is 1. The second-order valence-electron chi connectivity index (χ2n) is 6.27. The van der Waals surface area contributed by atoms with Crippen LogP contribution in [0.25, 0.3) is 17.1 Å². The number of aromatic nitrogens is 5. The zero-order chi connectivity index (χ0) is 21.6. The number of para-hydroxylation sites is 1. The lowest BCUT2D eigenvalue weighted by Crippen LogP contribution is -2.33. The molecule has 0 aliphatic rings. The molecule has 0 N–H and O–H groups in total. The van der Waals surface area contributed by atoms with Crippen LogP contribution in [0.3, 0.4) is 0 Å². The van der Waals surface area contributed by atoms with E-state index < -0.39 is 11.8 Å². The van der Waals surface area contributed by atoms with E-state index in [-0.39, 0.29) is 18.2 Å². The molecule has 31 heavy (non-hydrogen) atoms. The molecule has 0 atom stereocenters. The average molecular weight is 437 g/mol. The van der Waals surface area contributed by atoms with Gasteiger partial charge in [0.15, 0.2) is 17.6 Å². The van der Waals surface area contributed by atoms with Gasteiger partial charge in [-0.05, 0) is 29.2 Å². The summed E-state index contributed by atoms with van der Waals surface area (Å²) in [4.78, 5) is 16.1. The number of esters is 1. The van der Waals surface area contributed by atoms with Gasteiger partial charge in [-0.2, -0.15) is 0 Å².